The topological polar surface area (TPSA) is 43.4 Å². The molecule has 0 aliphatic heterocycles. The van der Waals surface area contributed by atoms with Crippen molar-refractivity contribution in [2.24, 2.45) is 11.8 Å². The van der Waals surface area contributed by atoms with E-state index in [0.29, 0.717) is 15.1 Å². The molecule has 0 bridgehead atoms. The van der Waals surface area contributed by atoms with Crippen molar-refractivity contribution < 1.29 is 14.3 Å². The Morgan fingerprint density at radius 2 is 2.00 bits per heavy atom. The van der Waals surface area contributed by atoms with Gasteiger partial charge in [0.25, 0.3) is 0 Å². The molecule has 19 heavy (non-hydrogen) atoms. The largest absolute Gasteiger partial charge is 0.465 e. The van der Waals surface area contributed by atoms with Gasteiger partial charge in [0.15, 0.2) is 5.78 Å². The average molecular weight is 348 g/mol. The van der Waals surface area contributed by atoms with Gasteiger partial charge in [-0.25, -0.2) is 0 Å². The molecular weight excluding hydrogens is 332 g/mol. The van der Waals surface area contributed by atoms with E-state index in [1.807, 2.05) is 13.8 Å². The molecule has 0 fully saturated rings. The summed E-state index contributed by atoms with van der Waals surface area (Å²) in [7, 11) is 0. The van der Waals surface area contributed by atoms with E-state index in [2.05, 4.69) is 15.9 Å². The molecule has 0 aliphatic carbocycles. The number of esters is 1. The van der Waals surface area contributed by atoms with Crippen LogP contribution in [0.25, 0.3) is 0 Å². The van der Waals surface area contributed by atoms with Crippen molar-refractivity contribution in [3.05, 3.63) is 33.3 Å². The SMILES string of the molecule is CCOC(=O)C(C(=O)c1ccc(Cl)c(Br)c1)C(C)C. The Kier molecular flexibility index (Phi) is 6.01. The number of hydrogen-bond donors (Lipinski definition) is 0. The van der Waals surface area contributed by atoms with Crippen molar-refractivity contribution in [3.63, 3.8) is 0 Å². The lowest BCUT2D eigenvalue weighted by molar-refractivity contribution is -0.147. The van der Waals surface area contributed by atoms with E-state index in [0.717, 1.165) is 0 Å². The van der Waals surface area contributed by atoms with Gasteiger partial charge in [0, 0.05) is 10.0 Å². The highest BCUT2D eigenvalue weighted by Gasteiger charge is 2.32. The molecule has 1 rings (SSSR count). The maximum Gasteiger partial charge on any atom is 0.317 e. The molecule has 1 aromatic carbocycles. The molecule has 1 aromatic rings. The lowest BCUT2D eigenvalue weighted by Gasteiger charge is -2.18. The van der Waals surface area contributed by atoms with E-state index in [1.54, 1.807) is 25.1 Å². The second-order valence-electron chi connectivity index (χ2n) is 4.47. The van der Waals surface area contributed by atoms with Crippen molar-refractivity contribution >= 4 is 39.3 Å². The Morgan fingerprint density at radius 1 is 1.37 bits per heavy atom. The molecule has 0 aliphatic rings. The maximum atomic E-state index is 12.4. The molecule has 0 saturated carbocycles. The Morgan fingerprint density at radius 3 is 2.47 bits per heavy atom. The Bertz CT molecular complexity index is 486. The highest BCUT2D eigenvalue weighted by atomic mass is 79.9. The summed E-state index contributed by atoms with van der Waals surface area (Å²) < 4.78 is 5.60. The minimum Gasteiger partial charge on any atom is -0.465 e. The Labute approximate surface area is 126 Å². The van der Waals surface area contributed by atoms with E-state index < -0.39 is 11.9 Å². The number of Topliss-reactive ketones (excluding diaryl/α,β-unsaturated/α-hetero) is 1. The third-order valence-electron chi connectivity index (χ3n) is 2.69. The molecule has 1 atom stereocenters. The monoisotopic (exact) mass is 346 g/mol. The first-order valence-corrected chi connectivity index (χ1v) is 7.21. The quantitative estimate of drug-likeness (QED) is 0.457. The summed E-state index contributed by atoms with van der Waals surface area (Å²) in [5, 5.41) is 0.522. The summed E-state index contributed by atoms with van der Waals surface area (Å²) in [4.78, 5) is 24.3. The normalized spacial score (nSPS) is 12.3. The van der Waals surface area contributed by atoms with Crippen LogP contribution < -0.4 is 0 Å². The van der Waals surface area contributed by atoms with Gasteiger partial charge in [-0.15, -0.1) is 0 Å². The molecule has 5 heteroatoms. The third kappa shape index (κ3) is 4.05. The van der Waals surface area contributed by atoms with Crippen LogP contribution in [0.3, 0.4) is 0 Å². The summed E-state index contributed by atoms with van der Waals surface area (Å²) in [6.07, 6.45) is 0. The average Bonchev–Trinajstić information content (AvgIpc) is 2.32. The van der Waals surface area contributed by atoms with E-state index in [9.17, 15) is 9.59 Å². The molecule has 1 unspecified atom stereocenters. The minimum absolute atomic E-state index is 0.124. The van der Waals surface area contributed by atoms with Gasteiger partial charge in [0.05, 0.1) is 11.6 Å². The van der Waals surface area contributed by atoms with Crippen LogP contribution >= 0.6 is 27.5 Å². The van der Waals surface area contributed by atoms with Crippen LogP contribution in [-0.2, 0) is 9.53 Å². The first-order chi connectivity index (χ1) is 8.88. The maximum absolute atomic E-state index is 12.4. The number of benzene rings is 1. The van der Waals surface area contributed by atoms with Gasteiger partial charge in [-0.1, -0.05) is 25.4 Å². The van der Waals surface area contributed by atoms with Gasteiger partial charge < -0.3 is 4.74 Å². The van der Waals surface area contributed by atoms with Crippen LogP contribution in [0, 0.1) is 11.8 Å². The van der Waals surface area contributed by atoms with Crippen LogP contribution in [0.5, 0.6) is 0 Å². The van der Waals surface area contributed by atoms with Crippen molar-refractivity contribution in [1.82, 2.24) is 0 Å². The first kappa shape index (κ1) is 16.2. The summed E-state index contributed by atoms with van der Waals surface area (Å²) >= 11 is 9.16. The molecule has 0 spiro atoms. The summed E-state index contributed by atoms with van der Waals surface area (Å²) in [6.45, 7) is 5.63. The van der Waals surface area contributed by atoms with E-state index in [1.165, 1.54) is 0 Å². The number of ether oxygens (including phenoxy) is 1. The fourth-order valence-corrected chi connectivity index (χ4v) is 2.24. The molecule has 0 N–H and O–H groups in total. The van der Waals surface area contributed by atoms with Gasteiger partial charge in [0.1, 0.15) is 5.92 Å². The third-order valence-corrected chi connectivity index (χ3v) is 3.91. The van der Waals surface area contributed by atoms with Crippen LogP contribution in [0.15, 0.2) is 22.7 Å². The molecule has 0 saturated heterocycles. The summed E-state index contributed by atoms with van der Waals surface area (Å²) in [5.74, 6) is -1.63. The van der Waals surface area contributed by atoms with Crippen LogP contribution in [0.2, 0.25) is 5.02 Å². The van der Waals surface area contributed by atoms with E-state index in [4.69, 9.17) is 16.3 Å². The first-order valence-electron chi connectivity index (χ1n) is 6.04. The fraction of sp³-hybridized carbons (Fsp3) is 0.429. The fourth-order valence-electron chi connectivity index (χ4n) is 1.74. The second-order valence-corrected chi connectivity index (χ2v) is 5.73. The predicted molar refractivity (Wildman–Crippen MR) is 78.4 cm³/mol. The van der Waals surface area contributed by atoms with Gasteiger partial charge >= 0.3 is 5.97 Å². The highest BCUT2D eigenvalue weighted by molar-refractivity contribution is 9.10. The second kappa shape index (κ2) is 7.06. The number of halogens is 2. The Hall–Kier alpha value is -0.870. The number of hydrogen-bond acceptors (Lipinski definition) is 3. The lowest BCUT2D eigenvalue weighted by Crippen LogP contribution is -2.30. The highest BCUT2D eigenvalue weighted by Crippen LogP contribution is 2.26. The lowest BCUT2D eigenvalue weighted by atomic mass is 9.88. The molecule has 0 amide bonds. The van der Waals surface area contributed by atoms with Gasteiger partial charge in [0.2, 0.25) is 0 Å². The zero-order valence-electron chi connectivity index (χ0n) is 11.1. The van der Waals surface area contributed by atoms with Crippen LogP contribution in [0.1, 0.15) is 31.1 Å². The summed E-state index contributed by atoms with van der Waals surface area (Å²) in [6, 6.07) is 4.87. The van der Waals surface area contributed by atoms with Crippen molar-refractivity contribution in [2.45, 2.75) is 20.8 Å². The summed E-state index contributed by atoms with van der Waals surface area (Å²) in [5.41, 5.74) is 0.447. The molecule has 0 radical (unpaired) electrons. The molecular formula is C14H16BrClO3. The minimum atomic E-state index is -0.784. The zero-order valence-corrected chi connectivity index (χ0v) is 13.4. The number of carbonyl (C=O) groups is 2. The molecule has 104 valence electrons. The number of rotatable bonds is 5. The molecule has 0 aromatic heterocycles. The Balaban J connectivity index is 3.05. The molecule has 3 nitrogen and oxygen atoms in total. The van der Waals surface area contributed by atoms with Crippen LogP contribution in [0.4, 0.5) is 0 Å². The van der Waals surface area contributed by atoms with Gasteiger partial charge in [-0.2, -0.15) is 0 Å². The molecule has 0 heterocycles. The van der Waals surface area contributed by atoms with Gasteiger partial charge in [-0.05, 0) is 47.0 Å². The van der Waals surface area contributed by atoms with E-state index in [-0.39, 0.29) is 18.3 Å². The number of ketones is 1. The van der Waals surface area contributed by atoms with Crippen molar-refractivity contribution in [2.75, 3.05) is 6.61 Å². The van der Waals surface area contributed by atoms with Crippen molar-refractivity contribution in [3.8, 4) is 0 Å². The van der Waals surface area contributed by atoms with Crippen LogP contribution in [-0.4, -0.2) is 18.4 Å². The van der Waals surface area contributed by atoms with E-state index >= 15 is 0 Å². The van der Waals surface area contributed by atoms with Crippen molar-refractivity contribution in [1.29, 1.82) is 0 Å². The standard InChI is InChI=1S/C14H16BrClO3/c1-4-19-14(18)12(8(2)3)13(17)9-5-6-11(16)10(15)7-9/h5-8,12H,4H2,1-3H3. The predicted octanol–water partition coefficient (Wildman–Crippen LogP) is 4.12. The number of carbonyl (C=O) groups excluding carboxylic acids is 2. The smallest absolute Gasteiger partial charge is 0.317 e. The zero-order chi connectivity index (χ0) is 14.6. The van der Waals surface area contributed by atoms with Gasteiger partial charge in [-0.3, -0.25) is 9.59 Å².